The molecule has 1 aliphatic carbocycles. The highest BCUT2D eigenvalue weighted by Gasteiger charge is 2.18. The Morgan fingerprint density at radius 2 is 1.68 bits per heavy atom. The van der Waals surface area contributed by atoms with E-state index in [1.54, 1.807) is 0 Å². The van der Waals surface area contributed by atoms with E-state index in [-0.39, 0.29) is 6.61 Å². The van der Waals surface area contributed by atoms with Crippen LogP contribution in [0.1, 0.15) is 16.7 Å². The van der Waals surface area contributed by atoms with Crippen molar-refractivity contribution in [2.45, 2.75) is 13.0 Å². The van der Waals surface area contributed by atoms with Crippen LogP contribution >= 0.6 is 0 Å². The van der Waals surface area contributed by atoms with Crippen LogP contribution in [0.2, 0.25) is 0 Å². The second kappa shape index (κ2) is 5.90. The highest BCUT2D eigenvalue weighted by Crippen LogP contribution is 2.36. The number of hydrogen-bond donors (Lipinski definition) is 2. The lowest BCUT2D eigenvalue weighted by Gasteiger charge is -2.09. The highest BCUT2D eigenvalue weighted by atomic mass is 16.8. The molecule has 25 heavy (non-hydrogen) atoms. The molecule has 2 N–H and O–H groups in total. The number of rotatable bonds is 3. The fourth-order valence-electron chi connectivity index (χ4n) is 3.03. The molecule has 0 amide bonds. The van der Waals surface area contributed by atoms with Crippen LogP contribution in [0.5, 0.6) is 11.8 Å². The van der Waals surface area contributed by atoms with Crippen molar-refractivity contribution in [3.63, 3.8) is 0 Å². The van der Waals surface area contributed by atoms with E-state index in [1.807, 2.05) is 30.3 Å². The molecule has 4 rings (SSSR count). The molecule has 6 heteroatoms. The van der Waals surface area contributed by atoms with Crippen LogP contribution in [-0.4, -0.2) is 21.1 Å². The monoisotopic (exact) mass is 337 g/mol. The van der Waals surface area contributed by atoms with Gasteiger partial charge in [0, 0.05) is 12.1 Å². The zero-order valence-electron chi connectivity index (χ0n) is 13.2. The number of ether oxygens (including phenoxy) is 1. The molecular weight excluding hydrogens is 322 g/mol. The summed E-state index contributed by atoms with van der Waals surface area (Å²) in [7, 11) is 0. The molecule has 6 nitrogen and oxygen atoms in total. The molecular formula is C19H15NO5. The van der Waals surface area contributed by atoms with Gasteiger partial charge in [-0.15, -0.1) is 4.73 Å². The zero-order chi connectivity index (χ0) is 17.4. The zero-order valence-corrected chi connectivity index (χ0v) is 13.2. The summed E-state index contributed by atoms with van der Waals surface area (Å²) in [6.45, 7) is 0.0330. The molecule has 0 bridgehead atoms. The third kappa shape index (κ3) is 2.78. The Hall–Kier alpha value is -3.41. The van der Waals surface area contributed by atoms with E-state index >= 15 is 0 Å². The fraction of sp³-hybridized carbons (Fsp3) is 0.105. The van der Waals surface area contributed by atoms with Crippen LogP contribution in [0.15, 0.2) is 54.6 Å². The Bertz CT molecular complexity index is 941. The van der Waals surface area contributed by atoms with Gasteiger partial charge in [-0.3, -0.25) is 4.84 Å². The molecule has 0 saturated carbocycles. The Labute approximate surface area is 143 Å². The molecule has 126 valence electrons. The quantitative estimate of drug-likeness (QED) is 0.561. The van der Waals surface area contributed by atoms with E-state index < -0.39 is 17.9 Å². The average molecular weight is 337 g/mol. The third-order valence-electron chi connectivity index (χ3n) is 4.18. The van der Waals surface area contributed by atoms with Gasteiger partial charge in [0.1, 0.15) is 6.61 Å². The van der Waals surface area contributed by atoms with Gasteiger partial charge in [-0.05, 0) is 34.2 Å². The third-order valence-corrected chi connectivity index (χ3v) is 4.18. The normalized spacial score (nSPS) is 11.7. The molecule has 0 fully saturated rings. The van der Waals surface area contributed by atoms with E-state index in [4.69, 9.17) is 9.57 Å². The van der Waals surface area contributed by atoms with Crippen molar-refractivity contribution in [3.8, 4) is 22.9 Å². The molecule has 2 aromatic carbocycles. The van der Waals surface area contributed by atoms with Gasteiger partial charge in [0.05, 0.1) is 0 Å². The number of carbonyl (C=O) groups is 1. The summed E-state index contributed by atoms with van der Waals surface area (Å²) in [5.74, 6) is -0.797. The van der Waals surface area contributed by atoms with Crippen LogP contribution in [0.4, 0.5) is 4.79 Å². The van der Waals surface area contributed by atoms with Gasteiger partial charge in [-0.25, -0.2) is 4.79 Å². The highest BCUT2D eigenvalue weighted by molar-refractivity contribution is 5.76. The number of fused-ring (bicyclic) bond motifs is 3. The largest absolute Gasteiger partial charge is 0.534 e. The summed E-state index contributed by atoms with van der Waals surface area (Å²) in [6.07, 6.45) is -0.167. The van der Waals surface area contributed by atoms with E-state index in [9.17, 15) is 15.0 Å². The summed E-state index contributed by atoms with van der Waals surface area (Å²) in [5, 5.41) is 18.9. The molecule has 0 radical (unpaired) electrons. The second-order valence-corrected chi connectivity index (χ2v) is 5.80. The van der Waals surface area contributed by atoms with Crippen LogP contribution < -0.4 is 4.84 Å². The molecule has 0 spiro atoms. The molecule has 0 aliphatic heterocycles. The molecule has 0 saturated heterocycles. The minimum atomic E-state index is -1.02. The first-order chi connectivity index (χ1) is 12.1. The molecule has 1 aromatic heterocycles. The minimum absolute atomic E-state index is 0.0330. The van der Waals surface area contributed by atoms with Gasteiger partial charge in [0.2, 0.25) is 11.8 Å². The van der Waals surface area contributed by atoms with Gasteiger partial charge in [0.15, 0.2) is 0 Å². The lowest BCUT2D eigenvalue weighted by atomic mass is 10.0. The van der Waals surface area contributed by atoms with Crippen molar-refractivity contribution in [3.05, 3.63) is 71.3 Å². The second-order valence-electron chi connectivity index (χ2n) is 5.80. The van der Waals surface area contributed by atoms with E-state index in [0.29, 0.717) is 4.73 Å². The predicted molar refractivity (Wildman–Crippen MR) is 89.2 cm³/mol. The lowest BCUT2D eigenvalue weighted by Crippen LogP contribution is -2.20. The van der Waals surface area contributed by atoms with Gasteiger partial charge < -0.3 is 14.9 Å². The molecule has 0 unspecified atom stereocenters. The van der Waals surface area contributed by atoms with Gasteiger partial charge >= 0.3 is 6.16 Å². The molecule has 3 aromatic rings. The van der Waals surface area contributed by atoms with Crippen molar-refractivity contribution in [1.82, 2.24) is 4.73 Å². The summed E-state index contributed by atoms with van der Waals surface area (Å²) in [6, 6.07) is 16.6. The smallest absolute Gasteiger partial charge is 0.492 e. The topological polar surface area (TPSA) is 80.9 Å². The van der Waals surface area contributed by atoms with Crippen molar-refractivity contribution in [1.29, 1.82) is 0 Å². The van der Waals surface area contributed by atoms with Gasteiger partial charge in [-0.2, -0.15) is 0 Å². The average Bonchev–Trinajstić information content (AvgIpc) is 3.14. The minimum Gasteiger partial charge on any atom is -0.492 e. The fourth-order valence-corrected chi connectivity index (χ4v) is 3.03. The SMILES string of the molecule is O=C(OCc1ccc2c(c1)Cc1ccccc1-2)On1c(O)ccc1O. The first-order valence-electron chi connectivity index (χ1n) is 7.76. The first kappa shape index (κ1) is 15.1. The Kier molecular flexibility index (Phi) is 3.57. The number of nitrogens with zero attached hydrogens (tertiary/aromatic N) is 1. The van der Waals surface area contributed by atoms with Crippen molar-refractivity contribution in [2.24, 2.45) is 0 Å². The van der Waals surface area contributed by atoms with Crippen molar-refractivity contribution < 1.29 is 24.6 Å². The van der Waals surface area contributed by atoms with Crippen LogP contribution in [0.3, 0.4) is 0 Å². The standard InChI is InChI=1S/C19H15NO5/c21-17-7-8-18(22)20(17)25-19(23)24-11-12-5-6-16-14(9-12)10-13-3-1-2-4-15(13)16/h1-9,21-22H,10-11H2. The summed E-state index contributed by atoms with van der Waals surface area (Å²) in [5.41, 5.74) is 5.75. The number of aromatic nitrogens is 1. The molecule has 0 atom stereocenters. The van der Waals surface area contributed by atoms with Crippen molar-refractivity contribution >= 4 is 6.16 Å². The predicted octanol–water partition coefficient (Wildman–Crippen LogP) is 3.24. The number of hydrogen-bond acceptors (Lipinski definition) is 5. The lowest BCUT2D eigenvalue weighted by molar-refractivity contribution is 0.0310. The number of carbonyl (C=O) groups excluding carboxylic acids is 1. The number of benzene rings is 2. The van der Waals surface area contributed by atoms with E-state index in [2.05, 4.69) is 12.1 Å². The van der Waals surface area contributed by atoms with Crippen LogP contribution in [0.25, 0.3) is 11.1 Å². The Balaban J connectivity index is 1.43. The maximum Gasteiger partial charge on any atom is 0.534 e. The van der Waals surface area contributed by atoms with Crippen molar-refractivity contribution in [2.75, 3.05) is 0 Å². The Morgan fingerprint density at radius 1 is 0.960 bits per heavy atom. The molecule has 1 heterocycles. The maximum absolute atomic E-state index is 11.7. The number of aromatic hydroxyl groups is 2. The van der Waals surface area contributed by atoms with Gasteiger partial charge in [-0.1, -0.05) is 42.5 Å². The van der Waals surface area contributed by atoms with Crippen LogP contribution in [0, 0.1) is 0 Å². The summed E-state index contributed by atoms with van der Waals surface area (Å²) in [4.78, 5) is 16.4. The Morgan fingerprint density at radius 3 is 2.48 bits per heavy atom. The van der Waals surface area contributed by atoms with Gasteiger partial charge in [0.25, 0.3) is 0 Å². The first-order valence-corrected chi connectivity index (χ1v) is 7.76. The van der Waals surface area contributed by atoms with E-state index in [1.165, 1.54) is 34.4 Å². The van der Waals surface area contributed by atoms with Crippen LogP contribution in [-0.2, 0) is 17.8 Å². The van der Waals surface area contributed by atoms with E-state index in [0.717, 1.165) is 12.0 Å². The summed E-state index contributed by atoms with van der Waals surface area (Å²) >= 11 is 0. The maximum atomic E-state index is 11.7. The summed E-state index contributed by atoms with van der Waals surface area (Å²) < 4.78 is 5.63. The molecule has 1 aliphatic rings.